The molecule has 0 fully saturated rings. The number of hydrogen-bond donors (Lipinski definition) is 2. The van der Waals surface area contributed by atoms with Crippen molar-refractivity contribution in [2.75, 3.05) is 22.0 Å². The first-order valence-electron chi connectivity index (χ1n) is 9.83. The standard InChI is InChI=1S/C23H21N3O5S/c1-31-17-13-11-16(12-14-17)24-22(27)15-21-23(28)25-19-9-5-6-10-20(19)26(21)32(29,30)18-7-3-2-4-8-18/h2-14,21H,15H2,1H3,(H,24,27)(H,25,28). The van der Waals surface area contributed by atoms with Gasteiger partial charge in [-0.2, -0.15) is 0 Å². The van der Waals surface area contributed by atoms with Gasteiger partial charge in [0.25, 0.3) is 10.0 Å². The SMILES string of the molecule is COc1ccc(NC(=O)CC2C(=O)Nc3ccccc3N2S(=O)(=O)c2ccccc2)cc1. The molecule has 164 valence electrons. The number of carbonyl (C=O) groups is 2. The molecule has 1 unspecified atom stereocenters. The van der Waals surface area contributed by atoms with E-state index in [9.17, 15) is 18.0 Å². The minimum absolute atomic E-state index is 0.0325. The van der Waals surface area contributed by atoms with Gasteiger partial charge < -0.3 is 15.4 Å². The largest absolute Gasteiger partial charge is 0.497 e. The van der Waals surface area contributed by atoms with E-state index in [2.05, 4.69) is 10.6 Å². The fraction of sp³-hybridized carbons (Fsp3) is 0.130. The van der Waals surface area contributed by atoms with E-state index in [1.165, 1.54) is 19.2 Å². The monoisotopic (exact) mass is 451 g/mol. The molecule has 1 aliphatic rings. The maximum atomic E-state index is 13.5. The predicted octanol–water partition coefficient (Wildman–Crippen LogP) is 3.24. The molecule has 0 bridgehead atoms. The number of sulfonamides is 1. The quantitative estimate of drug-likeness (QED) is 0.599. The van der Waals surface area contributed by atoms with Crippen LogP contribution in [0.4, 0.5) is 17.1 Å². The maximum absolute atomic E-state index is 13.5. The van der Waals surface area contributed by atoms with Gasteiger partial charge in [-0.15, -0.1) is 0 Å². The number of para-hydroxylation sites is 2. The summed E-state index contributed by atoms with van der Waals surface area (Å²) in [4.78, 5) is 25.7. The third-order valence-corrected chi connectivity index (χ3v) is 6.87. The van der Waals surface area contributed by atoms with Crippen LogP contribution < -0.4 is 19.7 Å². The molecule has 2 N–H and O–H groups in total. The van der Waals surface area contributed by atoms with Crippen molar-refractivity contribution in [2.24, 2.45) is 0 Å². The molecule has 0 aliphatic carbocycles. The molecule has 0 saturated heterocycles. The molecule has 1 heterocycles. The highest BCUT2D eigenvalue weighted by Gasteiger charge is 2.41. The van der Waals surface area contributed by atoms with Crippen molar-refractivity contribution in [1.82, 2.24) is 0 Å². The lowest BCUT2D eigenvalue weighted by Crippen LogP contribution is -2.52. The summed E-state index contributed by atoms with van der Waals surface area (Å²) in [6.07, 6.45) is -0.363. The highest BCUT2D eigenvalue weighted by atomic mass is 32.2. The molecule has 32 heavy (non-hydrogen) atoms. The first-order valence-corrected chi connectivity index (χ1v) is 11.3. The smallest absolute Gasteiger partial charge is 0.265 e. The number of amides is 2. The summed E-state index contributed by atoms with van der Waals surface area (Å²) in [5, 5.41) is 5.41. The molecule has 4 rings (SSSR count). The molecule has 1 aliphatic heterocycles. The summed E-state index contributed by atoms with van der Waals surface area (Å²) in [6, 6.07) is 19.9. The number of benzene rings is 3. The van der Waals surface area contributed by atoms with E-state index in [0.717, 1.165) is 4.31 Å². The summed E-state index contributed by atoms with van der Waals surface area (Å²) in [6.45, 7) is 0. The molecule has 0 saturated carbocycles. The number of rotatable bonds is 6. The van der Waals surface area contributed by atoms with Crippen LogP contribution in [-0.2, 0) is 19.6 Å². The molecule has 3 aromatic carbocycles. The summed E-state index contributed by atoms with van der Waals surface area (Å²) in [5.74, 6) is -0.442. The van der Waals surface area contributed by atoms with Crippen molar-refractivity contribution >= 4 is 38.9 Å². The van der Waals surface area contributed by atoms with Crippen LogP contribution in [0.15, 0.2) is 83.8 Å². The number of anilines is 3. The number of carbonyl (C=O) groups excluding carboxylic acids is 2. The lowest BCUT2D eigenvalue weighted by atomic mass is 10.1. The fourth-order valence-corrected chi connectivity index (χ4v) is 5.15. The van der Waals surface area contributed by atoms with Gasteiger partial charge in [-0.05, 0) is 48.5 Å². The molecule has 0 aromatic heterocycles. The Labute approximate surface area is 185 Å². The summed E-state index contributed by atoms with van der Waals surface area (Å²) < 4.78 is 33.2. The van der Waals surface area contributed by atoms with Crippen LogP contribution in [0.3, 0.4) is 0 Å². The Bertz CT molecular complexity index is 1240. The molecule has 0 spiro atoms. The van der Waals surface area contributed by atoms with Gasteiger partial charge in [-0.1, -0.05) is 30.3 Å². The van der Waals surface area contributed by atoms with Crippen LogP contribution >= 0.6 is 0 Å². The zero-order chi connectivity index (χ0) is 22.7. The highest BCUT2D eigenvalue weighted by molar-refractivity contribution is 7.93. The second kappa shape index (κ2) is 8.72. The second-order valence-electron chi connectivity index (χ2n) is 7.12. The van der Waals surface area contributed by atoms with E-state index in [4.69, 9.17) is 4.74 Å². The topological polar surface area (TPSA) is 105 Å². The number of methoxy groups -OCH3 is 1. The number of ether oxygens (including phenoxy) is 1. The summed E-state index contributed by atoms with van der Waals surface area (Å²) in [7, 11) is -2.57. The van der Waals surface area contributed by atoms with Crippen molar-refractivity contribution in [3.63, 3.8) is 0 Å². The van der Waals surface area contributed by atoms with Gasteiger partial charge in [0.15, 0.2) is 0 Å². The van der Waals surface area contributed by atoms with Crippen LogP contribution in [0.5, 0.6) is 5.75 Å². The fourth-order valence-electron chi connectivity index (χ4n) is 3.50. The average molecular weight is 452 g/mol. The molecule has 0 radical (unpaired) electrons. The van der Waals surface area contributed by atoms with E-state index in [1.54, 1.807) is 66.7 Å². The van der Waals surface area contributed by atoms with E-state index in [0.29, 0.717) is 22.8 Å². The first-order chi connectivity index (χ1) is 15.4. The molecule has 1 atom stereocenters. The third-order valence-electron chi connectivity index (χ3n) is 5.04. The zero-order valence-electron chi connectivity index (χ0n) is 17.2. The van der Waals surface area contributed by atoms with E-state index in [1.807, 2.05) is 0 Å². The minimum Gasteiger partial charge on any atom is -0.497 e. The molecule has 3 aromatic rings. The van der Waals surface area contributed by atoms with Gasteiger partial charge in [0.05, 0.1) is 29.8 Å². The van der Waals surface area contributed by atoms with Crippen LogP contribution in [0.25, 0.3) is 0 Å². The Morgan fingerprint density at radius 1 is 1.00 bits per heavy atom. The third kappa shape index (κ3) is 4.15. The van der Waals surface area contributed by atoms with E-state index in [-0.39, 0.29) is 11.3 Å². The van der Waals surface area contributed by atoms with Gasteiger partial charge in [-0.25, -0.2) is 8.42 Å². The molecule has 9 heteroatoms. The van der Waals surface area contributed by atoms with E-state index >= 15 is 0 Å². The normalized spacial score (nSPS) is 15.5. The van der Waals surface area contributed by atoms with Gasteiger partial charge in [0.1, 0.15) is 11.8 Å². The van der Waals surface area contributed by atoms with Crippen molar-refractivity contribution in [3.8, 4) is 5.75 Å². The number of nitrogens with one attached hydrogen (secondary N) is 2. The number of nitrogens with zero attached hydrogens (tertiary/aromatic N) is 1. The second-order valence-corrected chi connectivity index (χ2v) is 8.93. The van der Waals surface area contributed by atoms with Gasteiger partial charge >= 0.3 is 0 Å². The molecule has 2 amide bonds. The Hall–Kier alpha value is -3.85. The van der Waals surface area contributed by atoms with Crippen LogP contribution in [-0.4, -0.2) is 33.4 Å². The molecule has 8 nitrogen and oxygen atoms in total. The van der Waals surface area contributed by atoms with E-state index < -0.39 is 27.9 Å². The maximum Gasteiger partial charge on any atom is 0.265 e. The van der Waals surface area contributed by atoms with Crippen molar-refractivity contribution in [3.05, 3.63) is 78.9 Å². The Morgan fingerprint density at radius 2 is 1.66 bits per heavy atom. The number of fused-ring (bicyclic) bond motifs is 1. The molecular formula is C23H21N3O5S. The van der Waals surface area contributed by atoms with Crippen LogP contribution in [0, 0.1) is 0 Å². The van der Waals surface area contributed by atoms with Crippen molar-refractivity contribution in [1.29, 1.82) is 0 Å². The van der Waals surface area contributed by atoms with Gasteiger partial charge in [-0.3, -0.25) is 13.9 Å². The summed E-state index contributed by atoms with van der Waals surface area (Å²) >= 11 is 0. The Balaban J connectivity index is 1.67. The van der Waals surface area contributed by atoms with Crippen LogP contribution in [0.2, 0.25) is 0 Å². The van der Waals surface area contributed by atoms with Crippen LogP contribution in [0.1, 0.15) is 6.42 Å². The number of hydrogen-bond acceptors (Lipinski definition) is 5. The molecular weight excluding hydrogens is 430 g/mol. The average Bonchev–Trinajstić information content (AvgIpc) is 2.80. The van der Waals surface area contributed by atoms with Crippen molar-refractivity contribution in [2.45, 2.75) is 17.4 Å². The van der Waals surface area contributed by atoms with Gasteiger partial charge in [0.2, 0.25) is 11.8 Å². The Kier molecular flexibility index (Phi) is 5.83. The summed E-state index contributed by atoms with van der Waals surface area (Å²) in [5.41, 5.74) is 1.17. The zero-order valence-corrected chi connectivity index (χ0v) is 18.0. The first kappa shape index (κ1) is 21.4. The predicted molar refractivity (Wildman–Crippen MR) is 121 cm³/mol. The Morgan fingerprint density at radius 3 is 2.34 bits per heavy atom. The van der Waals surface area contributed by atoms with Gasteiger partial charge in [0, 0.05) is 5.69 Å². The lowest BCUT2D eigenvalue weighted by molar-refractivity contribution is -0.122. The lowest BCUT2D eigenvalue weighted by Gasteiger charge is -2.36. The van der Waals surface area contributed by atoms with Crippen molar-refractivity contribution < 1.29 is 22.7 Å². The minimum atomic E-state index is -4.11. The highest BCUT2D eigenvalue weighted by Crippen LogP contribution is 2.37.